The number of nitrogens with zero attached hydrogens (tertiary/aromatic N) is 1. The van der Waals surface area contributed by atoms with Crippen LogP contribution in [0.25, 0.3) is 11.3 Å². The van der Waals surface area contributed by atoms with Crippen LogP contribution in [0.5, 0.6) is 0 Å². The van der Waals surface area contributed by atoms with E-state index >= 15 is 0 Å². The monoisotopic (exact) mass is 262 g/mol. The lowest BCUT2D eigenvalue weighted by molar-refractivity contribution is 0.576. The molecule has 0 aliphatic rings. The van der Waals surface area contributed by atoms with Crippen molar-refractivity contribution in [3.63, 3.8) is 0 Å². The van der Waals surface area contributed by atoms with Crippen LogP contribution in [0, 0.1) is 23.0 Å². The van der Waals surface area contributed by atoms with Crippen LogP contribution in [-0.4, -0.2) is 0 Å². The molecule has 0 aliphatic carbocycles. The minimum Gasteiger partial charge on any atom is -0.397 e. The molecule has 1 aromatic heterocycles. The fourth-order valence-corrected chi connectivity index (χ4v) is 2.28. The van der Waals surface area contributed by atoms with E-state index in [1.807, 2.05) is 6.07 Å². The highest BCUT2D eigenvalue weighted by molar-refractivity contribution is 7.11. The molecule has 0 atom stereocenters. The van der Waals surface area contributed by atoms with E-state index < -0.39 is 11.6 Å². The summed E-state index contributed by atoms with van der Waals surface area (Å²) in [5, 5.41) is 10.8. The summed E-state index contributed by atoms with van der Waals surface area (Å²) < 4.78 is 27.2. The second-order valence-electron chi connectivity index (χ2n) is 3.47. The van der Waals surface area contributed by atoms with E-state index in [2.05, 4.69) is 0 Å². The van der Waals surface area contributed by atoms with Gasteiger partial charge in [0.1, 0.15) is 17.7 Å². The Morgan fingerprint density at radius 2 is 1.83 bits per heavy atom. The molecule has 2 nitrogen and oxygen atoms in total. The summed E-state index contributed by atoms with van der Waals surface area (Å²) in [5.74, 6) is -1.56. The molecule has 0 radical (unpaired) electrons. The van der Waals surface area contributed by atoms with Gasteiger partial charge in [-0.3, -0.25) is 0 Å². The fraction of sp³-hybridized carbons (Fsp3) is 0. The number of rotatable bonds is 2. The van der Waals surface area contributed by atoms with Crippen molar-refractivity contribution in [2.45, 2.75) is 0 Å². The van der Waals surface area contributed by atoms with Gasteiger partial charge in [-0.25, -0.2) is 8.78 Å². The molecular formula is C13H8F2N2S. The van der Waals surface area contributed by atoms with Crippen molar-refractivity contribution in [1.82, 2.24) is 0 Å². The minimum absolute atomic E-state index is 0.0778. The smallest absolute Gasteiger partial charge is 0.135 e. The van der Waals surface area contributed by atoms with Crippen LogP contribution < -0.4 is 5.73 Å². The molecule has 0 saturated heterocycles. The maximum atomic E-state index is 13.6. The van der Waals surface area contributed by atoms with Gasteiger partial charge in [0, 0.05) is 4.88 Å². The van der Waals surface area contributed by atoms with Crippen LogP contribution in [0.1, 0.15) is 10.4 Å². The Balaban J connectivity index is 2.66. The number of benzene rings is 1. The quantitative estimate of drug-likeness (QED) is 0.843. The van der Waals surface area contributed by atoms with Gasteiger partial charge in [-0.05, 0) is 23.6 Å². The zero-order valence-corrected chi connectivity index (χ0v) is 9.97. The minimum atomic E-state index is -0.781. The molecule has 0 fully saturated rings. The van der Waals surface area contributed by atoms with Gasteiger partial charge in [-0.2, -0.15) is 5.26 Å². The highest BCUT2D eigenvalue weighted by Gasteiger charge is 2.16. The van der Waals surface area contributed by atoms with Crippen molar-refractivity contribution in [2.24, 2.45) is 5.73 Å². The molecule has 0 bridgehead atoms. The molecule has 90 valence electrons. The Bertz CT molecular complexity index is 619. The van der Waals surface area contributed by atoms with Crippen LogP contribution in [0.15, 0.2) is 35.7 Å². The van der Waals surface area contributed by atoms with Crippen molar-refractivity contribution in [3.8, 4) is 6.07 Å². The second-order valence-corrected chi connectivity index (χ2v) is 4.42. The van der Waals surface area contributed by atoms with Gasteiger partial charge in [-0.1, -0.05) is 12.1 Å². The number of hydrogen-bond donors (Lipinski definition) is 1. The summed E-state index contributed by atoms with van der Waals surface area (Å²) in [6.07, 6.45) is 0. The first kappa shape index (κ1) is 12.3. The van der Waals surface area contributed by atoms with Crippen molar-refractivity contribution in [2.75, 3.05) is 0 Å². The van der Waals surface area contributed by atoms with Gasteiger partial charge < -0.3 is 5.73 Å². The number of nitrogens with two attached hydrogens (primary N) is 1. The Kier molecular flexibility index (Phi) is 3.40. The SMILES string of the molecule is N#C/C(=C(/N)c1c(F)cccc1F)c1cccs1. The van der Waals surface area contributed by atoms with Crippen molar-refractivity contribution in [3.05, 3.63) is 57.8 Å². The topological polar surface area (TPSA) is 49.8 Å². The van der Waals surface area contributed by atoms with Gasteiger partial charge in [0.25, 0.3) is 0 Å². The molecule has 0 saturated carbocycles. The normalized spacial score (nSPS) is 11.8. The molecule has 5 heteroatoms. The molecule has 2 aromatic rings. The van der Waals surface area contributed by atoms with Crippen molar-refractivity contribution < 1.29 is 8.78 Å². The molecule has 2 N–H and O–H groups in total. The van der Waals surface area contributed by atoms with Crippen LogP contribution in [-0.2, 0) is 0 Å². The van der Waals surface area contributed by atoms with Crippen LogP contribution in [0.4, 0.5) is 8.78 Å². The molecule has 1 aromatic carbocycles. The lowest BCUT2D eigenvalue weighted by atomic mass is 10.1. The Labute approximate surface area is 107 Å². The number of hydrogen-bond acceptors (Lipinski definition) is 3. The molecule has 1 heterocycles. The fourth-order valence-electron chi connectivity index (χ4n) is 1.55. The van der Waals surface area contributed by atoms with E-state index in [4.69, 9.17) is 11.0 Å². The van der Waals surface area contributed by atoms with Crippen LogP contribution in [0.2, 0.25) is 0 Å². The Morgan fingerprint density at radius 1 is 1.17 bits per heavy atom. The first-order chi connectivity index (χ1) is 8.65. The zero-order chi connectivity index (χ0) is 13.1. The number of nitriles is 1. The largest absolute Gasteiger partial charge is 0.397 e. The van der Waals surface area contributed by atoms with Crippen LogP contribution >= 0.6 is 11.3 Å². The average Bonchev–Trinajstić information content (AvgIpc) is 2.83. The van der Waals surface area contributed by atoms with Crippen LogP contribution in [0.3, 0.4) is 0 Å². The summed E-state index contributed by atoms with van der Waals surface area (Å²) in [6.45, 7) is 0. The predicted molar refractivity (Wildman–Crippen MR) is 67.3 cm³/mol. The van der Waals surface area contributed by atoms with E-state index in [9.17, 15) is 8.78 Å². The third-order valence-corrected chi connectivity index (χ3v) is 3.27. The van der Waals surface area contributed by atoms with E-state index in [1.54, 1.807) is 17.5 Å². The highest BCUT2D eigenvalue weighted by Crippen LogP contribution is 2.28. The number of halogens is 2. The second kappa shape index (κ2) is 4.98. The average molecular weight is 262 g/mol. The lowest BCUT2D eigenvalue weighted by Crippen LogP contribution is -2.05. The first-order valence-electron chi connectivity index (χ1n) is 5.03. The molecule has 0 spiro atoms. The first-order valence-corrected chi connectivity index (χ1v) is 5.91. The third kappa shape index (κ3) is 2.11. The maximum absolute atomic E-state index is 13.6. The number of thiophene rings is 1. The Morgan fingerprint density at radius 3 is 2.33 bits per heavy atom. The van der Waals surface area contributed by atoms with Gasteiger partial charge in [-0.15, -0.1) is 11.3 Å². The van der Waals surface area contributed by atoms with E-state index in [0.717, 1.165) is 12.1 Å². The molecule has 18 heavy (non-hydrogen) atoms. The standard InChI is InChI=1S/C13H8F2N2S/c14-9-3-1-4-10(15)12(9)13(17)8(7-16)11-5-2-6-18-11/h1-6H,17H2/b13-8-. The van der Waals surface area contributed by atoms with Crippen molar-refractivity contribution in [1.29, 1.82) is 5.26 Å². The van der Waals surface area contributed by atoms with Gasteiger partial charge in [0.05, 0.1) is 16.8 Å². The highest BCUT2D eigenvalue weighted by atomic mass is 32.1. The molecule has 0 amide bonds. The molecule has 0 aliphatic heterocycles. The summed E-state index contributed by atoms with van der Waals surface area (Å²) in [7, 11) is 0. The predicted octanol–water partition coefficient (Wildman–Crippen LogP) is 3.38. The summed E-state index contributed by atoms with van der Waals surface area (Å²) >= 11 is 1.29. The van der Waals surface area contributed by atoms with Crippen molar-refractivity contribution >= 4 is 22.6 Å². The molecular weight excluding hydrogens is 254 g/mol. The van der Waals surface area contributed by atoms with E-state index in [0.29, 0.717) is 4.88 Å². The number of allylic oxidation sites excluding steroid dienone is 1. The van der Waals surface area contributed by atoms with Gasteiger partial charge >= 0.3 is 0 Å². The zero-order valence-electron chi connectivity index (χ0n) is 9.15. The van der Waals surface area contributed by atoms with E-state index in [-0.39, 0.29) is 16.8 Å². The summed E-state index contributed by atoms with van der Waals surface area (Å²) in [5.41, 5.74) is 5.26. The summed E-state index contributed by atoms with van der Waals surface area (Å²) in [6, 6.07) is 8.76. The molecule has 0 unspecified atom stereocenters. The maximum Gasteiger partial charge on any atom is 0.135 e. The summed E-state index contributed by atoms with van der Waals surface area (Å²) in [4.78, 5) is 0.581. The Hall–Kier alpha value is -2.19. The van der Waals surface area contributed by atoms with Gasteiger partial charge in [0.2, 0.25) is 0 Å². The molecule has 2 rings (SSSR count). The third-order valence-electron chi connectivity index (χ3n) is 2.38. The van der Waals surface area contributed by atoms with Gasteiger partial charge in [0.15, 0.2) is 0 Å². The lowest BCUT2D eigenvalue weighted by Gasteiger charge is -2.07. The van der Waals surface area contributed by atoms with E-state index in [1.165, 1.54) is 17.4 Å².